The SMILES string of the molecule is O=C(NCCOCC(F)(F)F)c1ccc(-n2cccc2)cc1. The van der Waals surface area contributed by atoms with Crippen molar-refractivity contribution in [3.05, 3.63) is 54.4 Å². The largest absolute Gasteiger partial charge is 0.411 e. The van der Waals surface area contributed by atoms with E-state index in [0.717, 1.165) is 5.69 Å². The van der Waals surface area contributed by atoms with Crippen LogP contribution >= 0.6 is 0 Å². The molecular formula is C15H15F3N2O2. The number of rotatable bonds is 6. The van der Waals surface area contributed by atoms with Crippen LogP contribution in [0.5, 0.6) is 0 Å². The third-order valence-corrected chi connectivity index (χ3v) is 2.83. The van der Waals surface area contributed by atoms with Crippen LogP contribution in [-0.2, 0) is 4.74 Å². The topological polar surface area (TPSA) is 43.3 Å². The van der Waals surface area contributed by atoms with Gasteiger partial charge in [0.05, 0.1) is 6.61 Å². The van der Waals surface area contributed by atoms with Crippen molar-refractivity contribution in [2.75, 3.05) is 19.8 Å². The van der Waals surface area contributed by atoms with Gasteiger partial charge in [0, 0.05) is 30.2 Å². The molecule has 7 heteroatoms. The number of nitrogens with one attached hydrogen (secondary N) is 1. The van der Waals surface area contributed by atoms with Gasteiger partial charge in [-0.1, -0.05) is 0 Å². The molecule has 2 rings (SSSR count). The molecule has 0 saturated heterocycles. The molecule has 118 valence electrons. The van der Waals surface area contributed by atoms with Gasteiger partial charge >= 0.3 is 6.18 Å². The minimum absolute atomic E-state index is 0.0221. The smallest absolute Gasteiger partial charge is 0.370 e. The van der Waals surface area contributed by atoms with Gasteiger partial charge in [-0.15, -0.1) is 0 Å². The van der Waals surface area contributed by atoms with Gasteiger partial charge in [-0.2, -0.15) is 13.2 Å². The molecule has 0 saturated carbocycles. The summed E-state index contributed by atoms with van der Waals surface area (Å²) < 4.78 is 41.8. The number of benzene rings is 1. The van der Waals surface area contributed by atoms with Gasteiger partial charge < -0.3 is 14.6 Å². The van der Waals surface area contributed by atoms with E-state index in [1.807, 2.05) is 29.1 Å². The van der Waals surface area contributed by atoms with Crippen LogP contribution in [0, 0.1) is 0 Å². The van der Waals surface area contributed by atoms with E-state index in [0.29, 0.717) is 5.56 Å². The molecule has 1 aromatic heterocycles. The van der Waals surface area contributed by atoms with Crippen molar-refractivity contribution < 1.29 is 22.7 Å². The lowest BCUT2D eigenvalue weighted by molar-refractivity contribution is -0.173. The summed E-state index contributed by atoms with van der Waals surface area (Å²) in [5.41, 5.74) is 1.35. The number of carbonyl (C=O) groups excluding carboxylic acids is 1. The fraction of sp³-hybridized carbons (Fsp3) is 0.267. The van der Waals surface area contributed by atoms with Gasteiger partial charge in [0.2, 0.25) is 0 Å². The molecule has 0 bridgehead atoms. The number of amides is 1. The first-order valence-corrected chi connectivity index (χ1v) is 6.62. The van der Waals surface area contributed by atoms with E-state index in [4.69, 9.17) is 0 Å². The maximum absolute atomic E-state index is 11.8. The zero-order valence-corrected chi connectivity index (χ0v) is 11.6. The van der Waals surface area contributed by atoms with Crippen molar-refractivity contribution in [2.24, 2.45) is 0 Å². The summed E-state index contributed by atoms with van der Waals surface area (Å²) in [4.78, 5) is 11.8. The molecular weight excluding hydrogens is 297 g/mol. The highest BCUT2D eigenvalue weighted by Crippen LogP contribution is 2.14. The Labute approximate surface area is 125 Å². The first-order valence-electron chi connectivity index (χ1n) is 6.62. The first kappa shape index (κ1) is 16.1. The molecule has 0 aliphatic heterocycles. The minimum Gasteiger partial charge on any atom is -0.370 e. The second-order valence-electron chi connectivity index (χ2n) is 4.56. The Balaban J connectivity index is 1.78. The molecule has 0 spiro atoms. The van der Waals surface area contributed by atoms with Crippen LogP contribution in [0.15, 0.2) is 48.8 Å². The summed E-state index contributed by atoms with van der Waals surface area (Å²) in [6, 6.07) is 10.7. The highest BCUT2D eigenvalue weighted by molar-refractivity contribution is 5.94. The fourth-order valence-corrected chi connectivity index (χ4v) is 1.82. The predicted octanol–water partition coefficient (Wildman–Crippen LogP) is 2.79. The molecule has 1 N–H and O–H groups in total. The number of halogens is 3. The highest BCUT2D eigenvalue weighted by atomic mass is 19.4. The summed E-state index contributed by atoms with van der Waals surface area (Å²) in [6.07, 6.45) is -0.585. The molecule has 0 unspecified atom stereocenters. The van der Waals surface area contributed by atoms with Crippen LogP contribution in [-0.4, -0.2) is 36.4 Å². The second kappa shape index (κ2) is 7.13. The highest BCUT2D eigenvalue weighted by Gasteiger charge is 2.27. The van der Waals surface area contributed by atoms with E-state index in [1.54, 1.807) is 24.3 Å². The van der Waals surface area contributed by atoms with Crippen LogP contribution in [0.25, 0.3) is 5.69 Å². The van der Waals surface area contributed by atoms with Crippen molar-refractivity contribution in [1.82, 2.24) is 9.88 Å². The van der Waals surface area contributed by atoms with Gasteiger partial charge in [-0.3, -0.25) is 4.79 Å². The average Bonchev–Trinajstić information content (AvgIpc) is 3.00. The summed E-state index contributed by atoms with van der Waals surface area (Å²) in [5.74, 6) is -0.352. The lowest BCUT2D eigenvalue weighted by atomic mass is 10.2. The third-order valence-electron chi connectivity index (χ3n) is 2.83. The number of alkyl halides is 3. The quantitative estimate of drug-likeness (QED) is 0.834. The van der Waals surface area contributed by atoms with Gasteiger partial charge in [-0.25, -0.2) is 0 Å². The molecule has 0 atom stereocenters. The van der Waals surface area contributed by atoms with Crippen molar-refractivity contribution in [1.29, 1.82) is 0 Å². The number of hydrogen-bond donors (Lipinski definition) is 1. The van der Waals surface area contributed by atoms with Crippen LogP contribution in [0.1, 0.15) is 10.4 Å². The van der Waals surface area contributed by atoms with Crippen LogP contribution in [0.3, 0.4) is 0 Å². The fourth-order valence-electron chi connectivity index (χ4n) is 1.82. The maximum atomic E-state index is 11.8. The number of carbonyl (C=O) groups is 1. The third kappa shape index (κ3) is 4.92. The summed E-state index contributed by atoms with van der Waals surface area (Å²) in [5, 5.41) is 2.50. The summed E-state index contributed by atoms with van der Waals surface area (Å²) in [7, 11) is 0. The van der Waals surface area contributed by atoms with Crippen molar-refractivity contribution in [2.45, 2.75) is 6.18 Å². The lowest BCUT2D eigenvalue weighted by Gasteiger charge is -2.09. The molecule has 0 aliphatic carbocycles. The van der Waals surface area contributed by atoms with Crippen molar-refractivity contribution in [3.8, 4) is 5.69 Å². The second-order valence-corrected chi connectivity index (χ2v) is 4.56. The molecule has 1 heterocycles. The minimum atomic E-state index is -4.35. The van der Waals surface area contributed by atoms with Gasteiger partial charge in [-0.05, 0) is 36.4 Å². The van der Waals surface area contributed by atoms with Gasteiger partial charge in [0.25, 0.3) is 5.91 Å². The van der Waals surface area contributed by atoms with E-state index in [9.17, 15) is 18.0 Å². The number of aromatic nitrogens is 1. The normalized spacial score (nSPS) is 11.4. The zero-order valence-electron chi connectivity index (χ0n) is 11.6. The van der Waals surface area contributed by atoms with E-state index >= 15 is 0 Å². The molecule has 2 aromatic rings. The van der Waals surface area contributed by atoms with Crippen LogP contribution < -0.4 is 5.32 Å². The Hall–Kier alpha value is -2.28. The Morgan fingerprint density at radius 2 is 1.77 bits per heavy atom. The van der Waals surface area contributed by atoms with Gasteiger partial charge in [0.15, 0.2) is 0 Å². The number of nitrogens with zero attached hydrogens (tertiary/aromatic N) is 1. The van der Waals surface area contributed by atoms with Gasteiger partial charge in [0.1, 0.15) is 6.61 Å². The van der Waals surface area contributed by atoms with Crippen molar-refractivity contribution >= 4 is 5.91 Å². The van der Waals surface area contributed by atoms with E-state index < -0.39 is 12.8 Å². The van der Waals surface area contributed by atoms with Crippen LogP contribution in [0.4, 0.5) is 13.2 Å². The zero-order chi connectivity index (χ0) is 16.0. The molecule has 0 fully saturated rings. The molecule has 1 aromatic carbocycles. The first-order chi connectivity index (χ1) is 10.5. The monoisotopic (exact) mass is 312 g/mol. The average molecular weight is 312 g/mol. The van der Waals surface area contributed by atoms with Crippen molar-refractivity contribution in [3.63, 3.8) is 0 Å². The summed E-state index contributed by atoms with van der Waals surface area (Å²) >= 11 is 0. The lowest BCUT2D eigenvalue weighted by Crippen LogP contribution is -2.28. The molecule has 1 amide bonds. The van der Waals surface area contributed by atoms with E-state index in [1.165, 1.54) is 0 Å². The molecule has 22 heavy (non-hydrogen) atoms. The maximum Gasteiger partial charge on any atom is 0.411 e. The van der Waals surface area contributed by atoms with E-state index in [-0.39, 0.29) is 19.1 Å². The predicted molar refractivity (Wildman–Crippen MR) is 75.0 cm³/mol. The standard InChI is InChI=1S/C15H15F3N2O2/c16-15(17,18)11-22-10-7-19-14(21)12-3-5-13(6-4-12)20-8-1-2-9-20/h1-6,8-9H,7,10-11H2,(H,19,21). The Kier molecular flexibility index (Phi) is 5.21. The number of ether oxygens (including phenoxy) is 1. The Morgan fingerprint density at radius 3 is 2.36 bits per heavy atom. The molecule has 0 radical (unpaired) electrons. The van der Waals surface area contributed by atoms with Crippen LogP contribution in [0.2, 0.25) is 0 Å². The summed E-state index contributed by atoms with van der Waals surface area (Å²) in [6.45, 7) is -1.48. The molecule has 4 nitrogen and oxygen atoms in total. The Bertz CT molecular complexity index is 592. The molecule has 0 aliphatic rings. The number of hydrogen-bond acceptors (Lipinski definition) is 2. The van der Waals surface area contributed by atoms with E-state index in [2.05, 4.69) is 10.1 Å². The Morgan fingerprint density at radius 1 is 1.14 bits per heavy atom.